The van der Waals surface area contributed by atoms with Crippen molar-refractivity contribution in [1.29, 1.82) is 0 Å². The molecule has 1 amide bonds. The Morgan fingerprint density at radius 3 is 2.78 bits per heavy atom. The maximum atomic E-state index is 12.5. The fourth-order valence-corrected chi connectivity index (χ4v) is 2.70. The first-order valence-electron chi connectivity index (χ1n) is 6.08. The summed E-state index contributed by atoms with van der Waals surface area (Å²) in [5, 5.41) is 0. The number of ether oxygens (including phenoxy) is 1. The fraction of sp³-hybridized carbons (Fsp3) is 0.500. The van der Waals surface area contributed by atoms with Crippen LogP contribution in [-0.2, 0) is 4.74 Å². The van der Waals surface area contributed by atoms with E-state index in [9.17, 15) is 4.79 Å². The number of amides is 1. The van der Waals surface area contributed by atoms with Crippen LogP contribution >= 0.6 is 15.9 Å². The summed E-state index contributed by atoms with van der Waals surface area (Å²) in [4.78, 5) is 14.3. The summed E-state index contributed by atoms with van der Waals surface area (Å²) in [7, 11) is 0. The Kier molecular flexibility index (Phi) is 3.78. The van der Waals surface area contributed by atoms with Crippen LogP contribution in [-0.4, -0.2) is 36.1 Å². The van der Waals surface area contributed by atoms with Gasteiger partial charge in [0, 0.05) is 23.1 Å². The van der Waals surface area contributed by atoms with Gasteiger partial charge in [-0.05, 0) is 44.5 Å². The van der Waals surface area contributed by atoms with E-state index >= 15 is 0 Å². The fourth-order valence-electron chi connectivity index (χ4n) is 2.23. The van der Waals surface area contributed by atoms with Gasteiger partial charge in [0.2, 0.25) is 0 Å². The van der Waals surface area contributed by atoms with Crippen molar-refractivity contribution in [3.8, 4) is 0 Å². The molecule has 1 aromatic rings. The van der Waals surface area contributed by atoms with Crippen LogP contribution in [0.3, 0.4) is 0 Å². The van der Waals surface area contributed by atoms with Gasteiger partial charge in [0.15, 0.2) is 0 Å². The van der Waals surface area contributed by atoms with E-state index in [0.29, 0.717) is 19.7 Å². The van der Waals surface area contributed by atoms with Gasteiger partial charge in [0.1, 0.15) is 0 Å². The van der Waals surface area contributed by atoms with Gasteiger partial charge < -0.3 is 9.64 Å². The van der Waals surface area contributed by atoms with E-state index in [-0.39, 0.29) is 11.5 Å². The zero-order valence-corrected chi connectivity index (χ0v) is 12.6. The summed E-state index contributed by atoms with van der Waals surface area (Å²) < 4.78 is 6.63. The number of nitrogens with zero attached hydrogens (tertiary/aromatic N) is 1. The molecule has 0 unspecified atom stereocenters. The number of rotatable bonds is 1. The molecule has 1 saturated heterocycles. The van der Waals surface area contributed by atoms with E-state index in [4.69, 9.17) is 4.74 Å². The first-order chi connectivity index (χ1) is 8.39. The molecular weight excluding hydrogens is 294 g/mol. The van der Waals surface area contributed by atoms with Gasteiger partial charge in [-0.2, -0.15) is 0 Å². The van der Waals surface area contributed by atoms with Gasteiger partial charge >= 0.3 is 0 Å². The molecule has 18 heavy (non-hydrogen) atoms. The highest BCUT2D eigenvalue weighted by Gasteiger charge is 2.30. The molecular formula is C14H18BrNO2. The maximum Gasteiger partial charge on any atom is 0.254 e. The number of halogens is 1. The van der Waals surface area contributed by atoms with Crippen LogP contribution in [0.2, 0.25) is 0 Å². The molecule has 0 N–H and O–H groups in total. The zero-order chi connectivity index (χ0) is 13.3. The Morgan fingerprint density at radius 2 is 2.17 bits per heavy atom. The highest BCUT2D eigenvalue weighted by molar-refractivity contribution is 9.10. The number of carbonyl (C=O) groups excluding carboxylic acids is 1. The molecule has 3 nitrogen and oxygen atoms in total. The van der Waals surface area contributed by atoms with E-state index in [0.717, 1.165) is 15.6 Å². The van der Waals surface area contributed by atoms with Gasteiger partial charge in [0.05, 0.1) is 12.2 Å². The lowest BCUT2D eigenvalue weighted by Gasteiger charge is -2.38. The zero-order valence-electron chi connectivity index (χ0n) is 11.0. The molecule has 1 aromatic carbocycles. The molecule has 0 aliphatic carbocycles. The minimum atomic E-state index is -0.253. The third kappa shape index (κ3) is 2.93. The van der Waals surface area contributed by atoms with Crippen molar-refractivity contribution >= 4 is 21.8 Å². The lowest BCUT2D eigenvalue weighted by molar-refractivity contribution is -0.0764. The largest absolute Gasteiger partial charge is 0.372 e. The quantitative estimate of drug-likeness (QED) is 0.798. The second kappa shape index (κ2) is 5.02. The van der Waals surface area contributed by atoms with Gasteiger partial charge in [-0.3, -0.25) is 4.79 Å². The van der Waals surface area contributed by atoms with Crippen molar-refractivity contribution in [1.82, 2.24) is 4.90 Å². The molecule has 1 heterocycles. The van der Waals surface area contributed by atoms with E-state index in [1.165, 1.54) is 0 Å². The smallest absolute Gasteiger partial charge is 0.254 e. The van der Waals surface area contributed by atoms with Gasteiger partial charge in [0.25, 0.3) is 5.91 Å². The average molecular weight is 312 g/mol. The summed E-state index contributed by atoms with van der Waals surface area (Å²) in [6, 6.07) is 5.76. The Balaban J connectivity index is 2.20. The predicted molar refractivity (Wildman–Crippen MR) is 74.8 cm³/mol. The predicted octanol–water partition coefficient (Wildman–Crippen LogP) is 3.01. The molecule has 0 radical (unpaired) electrons. The Bertz CT molecular complexity index is 471. The molecule has 0 bridgehead atoms. The van der Waals surface area contributed by atoms with Crippen LogP contribution in [0.5, 0.6) is 0 Å². The van der Waals surface area contributed by atoms with Crippen LogP contribution in [0, 0.1) is 6.92 Å². The molecule has 1 fully saturated rings. The van der Waals surface area contributed by atoms with E-state index in [2.05, 4.69) is 15.9 Å². The Labute approximate surface area is 116 Å². The molecule has 0 saturated carbocycles. The van der Waals surface area contributed by atoms with Crippen molar-refractivity contribution in [3.63, 3.8) is 0 Å². The second-order valence-electron chi connectivity index (χ2n) is 5.29. The summed E-state index contributed by atoms with van der Waals surface area (Å²) >= 11 is 3.41. The lowest BCUT2D eigenvalue weighted by atomic mass is 10.0. The Morgan fingerprint density at radius 1 is 1.44 bits per heavy atom. The number of benzene rings is 1. The third-order valence-corrected chi connectivity index (χ3v) is 3.62. The number of morpholine rings is 1. The maximum absolute atomic E-state index is 12.5. The molecule has 2 rings (SSSR count). The molecule has 0 atom stereocenters. The molecule has 0 aromatic heterocycles. The van der Waals surface area contributed by atoms with Crippen LogP contribution in [0.25, 0.3) is 0 Å². The third-order valence-electron chi connectivity index (χ3n) is 3.13. The van der Waals surface area contributed by atoms with Gasteiger partial charge in [-0.25, -0.2) is 0 Å². The van der Waals surface area contributed by atoms with Crippen LogP contribution in [0.1, 0.15) is 29.8 Å². The monoisotopic (exact) mass is 311 g/mol. The molecule has 4 heteroatoms. The average Bonchev–Trinajstić information content (AvgIpc) is 2.27. The lowest BCUT2D eigenvalue weighted by Crippen LogP contribution is -2.50. The first-order valence-corrected chi connectivity index (χ1v) is 6.88. The van der Waals surface area contributed by atoms with Crippen molar-refractivity contribution in [2.24, 2.45) is 0 Å². The van der Waals surface area contributed by atoms with Crippen LogP contribution in [0.15, 0.2) is 22.7 Å². The van der Waals surface area contributed by atoms with Crippen molar-refractivity contribution in [2.45, 2.75) is 26.4 Å². The van der Waals surface area contributed by atoms with Gasteiger partial charge in [-0.1, -0.05) is 15.9 Å². The first kappa shape index (κ1) is 13.6. The van der Waals surface area contributed by atoms with Crippen LogP contribution < -0.4 is 0 Å². The van der Waals surface area contributed by atoms with Gasteiger partial charge in [-0.15, -0.1) is 0 Å². The number of carbonyl (C=O) groups is 1. The molecule has 1 aliphatic rings. The van der Waals surface area contributed by atoms with Crippen LogP contribution in [0.4, 0.5) is 0 Å². The molecule has 98 valence electrons. The number of hydrogen-bond acceptors (Lipinski definition) is 2. The number of hydrogen-bond donors (Lipinski definition) is 0. The van der Waals surface area contributed by atoms with Crippen molar-refractivity contribution < 1.29 is 9.53 Å². The van der Waals surface area contributed by atoms with E-state index in [1.54, 1.807) is 0 Å². The minimum absolute atomic E-state index is 0.0939. The number of aryl methyl sites for hydroxylation is 1. The SMILES string of the molecule is Cc1cc(Br)ccc1C(=O)N1CCOC(C)(C)C1. The van der Waals surface area contributed by atoms with Crippen molar-refractivity contribution in [2.75, 3.05) is 19.7 Å². The summed E-state index contributed by atoms with van der Waals surface area (Å²) in [6.45, 7) is 7.90. The summed E-state index contributed by atoms with van der Waals surface area (Å²) in [5.41, 5.74) is 1.52. The summed E-state index contributed by atoms with van der Waals surface area (Å²) in [5.74, 6) is 0.0939. The second-order valence-corrected chi connectivity index (χ2v) is 6.21. The topological polar surface area (TPSA) is 29.5 Å². The minimum Gasteiger partial charge on any atom is -0.372 e. The molecule has 0 spiro atoms. The normalized spacial score (nSPS) is 18.8. The van der Waals surface area contributed by atoms with E-state index in [1.807, 2.05) is 43.9 Å². The molecule has 1 aliphatic heterocycles. The highest BCUT2D eigenvalue weighted by Crippen LogP contribution is 2.21. The summed E-state index contributed by atoms with van der Waals surface area (Å²) in [6.07, 6.45) is 0. The van der Waals surface area contributed by atoms with Crippen molar-refractivity contribution in [3.05, 3.63) is 33.8 Å². The van der Waals surface area contributed by atoms with E-state index < -0.39 is 0 Å². The Hall–Kier alpha value is -0.870. The highest BCUT2D eigenvalue weighted by atomic mass is 79.9. The standard InChI is InChI=1S/C14H18BrNO2/c1-10-8-11(15)4-5-12(10)13(17)16-6-7-18-14(2,3)9-16/h4-5,8H,6-7,9H2,1-3H3.